The lowest BCUT2D eigenvalue weighted by Crippen LogP contribution is -2.05. The Kier molecular flexibility index (Phi) is 13.6. The van der Waals surface area contributed by atoms with E-state index in [2.05, 4.69) is 13.5 Å². The van der Waals surface area contributed by atoms with Crippen LogP contribution in [0.1, 0.15) is 77.6 Å². The molecule has 0 aromatic rings. The predicted molar refractivity (Wildman–Crippen MR) is 77.6 cm³/mol. The fourth-order valence-corrected chi connectivity index (χ4v) is 1.85. The maximum absolute atomic E-state index is 11.2. The highest BCUT2D eigenvalue weighted by Crippen LogP contribution is 2.09. The zero-order valence-electron chi connectivity index (χ0n) is 12.1. The van der Waals surface area contributed by atoms with E-state index in [1.165, 1.54) is 38.5 Å². The molecule has 0 aliphatic rings. The normalized spacial score (nSPS) is 10.3. The number of allylic oxidation sites excluding steroid dienone is 1. The van der Waals surface area contributed by atoms with Crippen molar-refractivity contribution in [3.8, 4) is 0 Å². The summed E-state index contributed by atoms with van der Waals surface area (Å²) in [6.07, 6.45) is 14.4. The lowest BCUT2D eigenvalue weighted by Gasteiger charge is -2.04. The van der Waals surface area contributed by atoms with Gasteiger partial charge in [-0.3, -0.25) is 4.79 Å². The lowest BCUT2D eigenvalue weighted by atomic mass is 10.1. The number of hydrogen-bond donors (Lipinski definition) is 0. The molecule has 0 radical (unpaired) electrons. The van der Waals surface area contributed by atoms with E-state index in [0.29, 0.717) is 13.0 Å². The van der Waals surface area contributed by atoms with Crippen LogP contribution >= 0.6 is 0 Å². The Balaban J connectivity index is 3.06. The molecule has 0 amide bonds. The van der Waals surface area contributed by atoms with E-state index in [-0.39, 0.29) is 5.97 Å². The van der Waals surface area contributed by atoms with Crippen molar-refractivity contribution in [1.82, 2.24) is 0 Å². The Morgan fingerprint density at radius 1 is 1.00 bits per heavy atom. The average molecular weight is 254 g/mol. The second kappa shape index (κ2) is 14.3. The number of unbranched alkanes of at least 4 members (excludes halogenated alkanes) is 8. The van der Waals surface area contributed by atoms with Gasteiger partial charge in [0.05, 0.1) is 6.61 Å². The molecule has 0 aromatic heterocycles. The number of carbonyl (C=O) groups excluding carboxylic acids is 1. The Bertz CT molecular complexity index is 199. The first kappa shape index (κ1) is 17.2. The van der Waals surface area contributed by atoms with Gasteiger partial charge in [0, 0.05) is 6.42 Å². The topological polar surface area (TPSA) is 26.3 Å². The van der Waals surface area contributed by atoms with Gasteiger partial charge in [-0.05, 0) is 25.7 Å². The summed E-state index contributed by atoms with van der Waals surface area (Å²) in [4.78, 5) is 11.2. The molecule has 0 saturated heterocycles. The molecular weight excluding hydrogens is 224 g/mol. The van der Waals surface area contributed by atoms with Crippen molar-refractivity contribution in [2.24, 2.45) is 0 Å². The van der Waals surface area contributed by atoms with E-state index in [4.69, 9.17) is 4.74 Å². The monoisotopic (exact) mass is 254 g/mol. The van der Waals surface area contributed by atoms with Gasteiger partial charge in [0.15, 0.2) is 0 Å². The number of esters is 1. The molecule has 0 saturated carbocycles. The van der Waals surface area contributed by atoms with Crippen LogP contribution in [0, 0.1) is 0 Å². The molecule has 0 bridgehead atoms. The standard InChI is InChI=1S/C16H30O2/c1-3-5-7-8-9-10-11-12-13-15-18-16(17)14-6-4-2/h3H,1,4-15H2,2H3. The number of carbonyl (C=O) groups is 1. The largest absolute Gasteiger partial charge is 0.466 e. The predicted octanol–water partition coefficient (Wildman–Crippen LogP) is 5.03. The quantitative estimate of drug-likeness (QED) is 0.262. The lowest BCUT2D eigenvalue weighted by molar-refractivity contribution is -0.143. The second-order valence-corrected chi connectivity index (χ2v) is 4.88. The molecule has 0 unspecified atom stereocenters. The van der Waals surface area contributed by atoms with E-state index in [9.17, 15) is 4.79 Å². The second-order valence-electron chi connectivity index (χ2n) is 4.88. The van der Waals surface area contributed by atoms with Crippen LogP contribution in [0.25, 0.3) is 0 Å². The molecule has 0 aliphatic carbocycles. The van der Waals surface area contributed by atoms with Crippen molar-refractivity contribution in [2.75, 3.05) is 6.61 Å². The summed E-state index contributed by atoms with van der Waals surface area (Å²) < 4.78 is 5.15. The van der Waals surface area contributed by atoms with Crippen molar-refractivity contribution in [3.05, 3.63) is 12.7 Å². The van der Waals surface area contributed by atoms with Crippen molar-refractivity contribution >= 4 is 5.97 Å². The Labute approximate surface area is 113 Å². The summed E-state index contributed by atoms with van der Waals surface area (Å²) in [7, 11) is 0. The molecular formula is C16H30O2. The molecule has 2 heteroatoms. The summed E-state index contributed by atoms with van der Waals surface area (Å²) in [5, 5.41) is 0. The molecule has 0 heterocycles. The number of hydrogen-bond acceptors (Lipinski definition) is 2. The zero-order chi connectivity index (χ0) is 13.5. The zero-order valence-corrected chi connectivity index (χ0v) is 12.1. The first-order chi connectivity index (χ1) is 8.81. The third-order valence-electron chi connectivity index (χ3n) is 3.05. The van der Waals surface area contributed by atoms with Crippen molar-refractivity contribution < 1.29 is 9.53 Å². The van der Waals surface area contributed by atoms with E-state index in [1.54, 1.807) is 0 Å². The minimum absolute atomic E-state index is 0.0266. The minimum atomic E-state index is -0.0266. The van der Waals surface area contributed by atoms with Gasteiger partial charge in [-0.15, -0.1) is 6.58 Å². The van der Waals surface area contributed by atoms with Gasteiger partial charge in [-0.25, -0.2) is 0 Å². The molecule has 2 nitrogen and oxygen atoms in total. The Morgan fingerprint density at radius 3 is 2.22 bits per heavy atom. The number of rotatable bonds is 13. The summed E-state index contributed by atoms with van der Waals surface area (Å²) >= 11 is 0. The first-order valence-electron chi connectivity index (χ1n) is 7.57. The fourth-order valence-electron chi connectivity index (χ4n) is 1.85. The molecule has 0 fully saturated rings. The Morgan fingerprint density at radius 2 is 1.61 bits per heavy atom. The summed E-state index contributed by atoms with van der Waals surface area (Å²) in [6.45, 7) is 6.42. The number of ether oxygens (including phenoxy) is 1. The fraction of sp³-hybridized carbons (Fsp3) is 0.812. The third-order valence-corrected chi connectivity index (χ3v) is 3.05. The molecule has 0 atom stereocenters. The van der Waals surface area contributed by atoms with Crippen molar-refractivity contribution in [3.63, 3.8) is 0 Å². The van der Waals surface area contributed by atoms with Gasteiger partial charge >= 0.3 is 5.97 Å². The van der Waals surface area contributed by atoms with E-state index >= 15 is 0 Å². The highest BCUT2D eigenvalue weighted by atomic mass is 16.5. The van der Waals surface area contributed by atoms with Crippen molar-refractivity contribution in [2.45, 2.75) is 77.6 Å². The molecule has 18 heavy (non-hydrogen) atoms. The summed E-state index contributed by atoms with van der Waals surface area (Å²) in [5.74, 6) is -0.0266. The van der Waals surface area contributed by atoms with Gasteiger partial charge in [-0.2, -0.15) is 0 Å². The van der Waals surface area contributed by atoms with Crippen LogP contribution in [0.15, 0.2) is 12.7 Å². The summed E-state index contributed by atoms with van der Waals surface area (Å²) in [6, 6.07) is 0. The molecule has 0 aromatic carbocycles. The molecule has 106 valence electrons. The Hall–Kier alpha value is -0.790. The van der Waals surface area contributed by atoms with E-state index in [1.807, 2.05) is 6.08 Å². The average Bonchev–Trinajstić information content (AvgIpc) is 2.38. The highest BCUT2D eigenvalue weighted by Gasteiger charge is 2.00. The maximum atomic E-state index is 11.2. The van der Waals surface area contributed by atoms with Crippen LogP contribution in [0.2, 0.25) is 0 Å². The van der Waals surface area contributed by atoms with Gasteiger partial charge in [0.1, 0.15) is 0 Å². The van der Waals surface area contributed by atoms with Crippen molar-refractivity contribution in [1.29, 1.82) is 0 Å². The third kappa shape index (κ3) is 13.3. The van der Waals surface area contributed by atoms with Crippen LogP contribution in [-0.2, 0) is 9.53 Å². The minimum Gasteiger partial charge on any atom is -0.466 e. The molecule has 0 spiro atoms. The molecule has 0 N–H and O–H groups in total. The van der Waals surface area contributed by atoms with Gasteiger partial charge in [0.25, 0.3) is 0 Å². The van der Waals surface area contributed by atoms with Crippen LogP contribution < -0.4 is 0 Å². The van der Waals surface area contributed by atoms with E-state index in [0.717, 1.165) is 25.7 Å². The first-order valence-corrected chi connectivity index (χ1v) is 7.57. The van der Waals surface area contributed by atoms with Gasteiger partial charge in [-0.1, -0.05) is 51.5 Å². The van der Waals surface area contributed by atoms with Crippen LogP contribution in [0.3, 0.4) is 0 Å². The van der Waals surface area contributed by atoms with Gasteiger partial charge < -0.3 is 4.74 Å². The van der Waals surface area contributed by atoms with E-state index < -0.39 is 0 Å². The smallest absolute Gasteiger partial charge is 0.305 e. The highest BCUT2D eigenvalue weighted by molar-refractivity contribution is 5.69. The van der Waals surface area contributed by atoms with Crippen LogP contribution in [-0.4, -0.2) is 12.6 Å². The van der Waals surface area contributed by atoms with Gasteiger partial charge in [0.2, 0.25) is 0 Å². The van der Waals surface area contributed by atoms with Crippen LogP contribution in [0.4, 0.5) is 0 Å². The molecule has 0 aliphatic heterocycles. The molecule has 0 rings (SSSR count). The maximum Gasteiger partial charge on any atom is 0.305 e. The summed E-state index contributed by atoms with van der Waals surface area (Å²) in [5.41, 5.74) is 0. The SMILES string of the molecule is C=CCCCCCCCCCOC(=O)CCCC. The van der Waals surface area contributed by atoms with Crippen LogP contribution in [0.5, 0.6) is 0 Å².